The summed E-state index contributed by atoms with van der Waals surface area (Å²) in [5, 5.41) is 6.52. The summed E-state index contributed by atoms with van der Waals surface area (Å²) in [5.41, 5.74) is 7.08. The number of rotatable bonds is 5. The molecule has 0 bridgehead atoms. The Bertz CT molecular complexity index is 1110. The summed E-state index contributed by atoms with van der Waals surface area (Å²) in [6, 6.07) is 18.7. The van der Waals surface area contributed by atoms with Gasteiger partial charge in [0.15, 0.2) is 0 Å². The van der Waals surface area contributed by atoms with Crippen molar-refractivity contribution in [1.29, 1.82) is 0 Å². The zero-order valence-corrected chi connectivity index (χ0v) is 16.1. The van der Waals surface area contributed by atoms with E-state index >= 15 is 0 Å². The fourth-order valence-electron chi connectivity index (χ4n) is 2.78. The van der Waals surface area contributed by atoms with Crippen molar-refractivity contribution in [3.8, 4) is 10.6 Å². The molecule has 0 aliphatic heterocycles. The van der Waals surface area contributed by atoms with Gasteiger partial charge in [0.05, 0.1) is 17.0 Å². The van der Waals surface area contributed by atoms with Crippen LogP contribution < -0.4 is 10.9 Å². The molecule has 2 amide bonds. The zero-order valence-electron chi connectivity index (χ0n) is 15.3. The van der Waals surface area contributed by atoms with E-state index in [2.05, 4.69) is 20.9 Å². The largest absolute Gasteiger partial charge is 0.288 e. The number of hydrogen-bond donors (Lipinski definition) is 2. The summed E-state index contributed by atoms with van der Waals surface area (Å²) in [4.78, 5) is 29.7. The summed E-state index contributed by atoms with van der Waals surface area (Å²) in [6.45, 7) is 0.535. The first kappa shape index (κ1) is 18.6. The van der Waals surface area contributed by atoms with Crippen LogP contribution >= 0.6 is 11.3 Å². The molecule has 3 aromatic heterocycles. The quantitative estimate of drug-likeness (QED) is 0.501. The van der Waals surface area contributed by atoms with Gasteiger partial charge in [0.25, 0.3) is 11.8 Å². The van der Waals surface area contributed by atoms with Gasteiger partial charge in [-0.3, -0.25) is 30.1 Å². The fourth-order valence-corrected chi connectivity index (χ4v) is 3.50. The Morgan fingerprint density at radius 1 is 0.931 bits per heavy atom. The highest BCUT2D eigenvalue weighted by Gasteiger charge is 2.19. The maximum absolute atomic E-state index is 12.8. The summed E-state index contributed by atoms with van der Waals surface area (Å²) >= 11 is 1.50. The van der Waals surface area contributed by atoms with Gasteiger partial charge in [0, 0.05) is 12.4 Å². The minimum Gasteiger partial charge on any atom is -0.267 e. The van der Waals surface area contributed by atoms with Gasteiger partial charge < -0.3 is 0 Å². The number of pyridine rings is 1. The molecule has 4 aromatic rings. The van der Waals surface area contributed by atoms with Crippen molar-refractivity contribution in [2.24, 2.45) is 0 Å². The van der Waals surface area contributed by atoms with Gasteiger partial charge in [-0.05, 0) is 29.1 Å². The second-order valence-electron chi connectivity index (χ2n) is 6.18. The number of amides is 2. The van der Waals surface area contributed by atoms with E-state index in [0.717, 1.165) is 10.4 Å². The van der Waals surface area contributed by atoms with E-state index in [1.165, 1.54) is 17.5 Å². The van der Waals surface area contributed by atoms with E-state index in [9.17, 15) is 9.59 Å². The van der Waals surface area contributed by atoms with Crippen molar-refractivity contribution in [3.05, 3.63) is 95.3 Å². The van der Waals surface area contributed by atoms with E-state index in [1.54, 1.807) is 29.1 Å². The molecule has 0 atom stereocenters. The predicted octanol–water partition coefficient (Wildman–Crippen LogP) is 3.13. The molecule has 144 valence electrons. The van der Waals surface area contributed by atoms with E-state index in [4.69, 9.17) is 0 Å². The second kappa shape index (κ2) is 8.49. The molecular weight excluding hydrogens is 386 g/mol. The number of benzene rings is 1. The maximum atomic E-state index is 12.8. The van der Waals surface area contributed by atoms with E-state index in [0.29, 0.717) is 17.8 Å². The molecule has 29 heavy (non-hydrogen) atoms. The fraction of sp³-hybridized carbons (Fsp3) is 0.0476. The van der Waals surface area contributed by atoms with Gasteiger partial charge >= 0.3 is 0 Å². The van der Waals surface area contributed by atoms with Crippen molar-refractivity contribution in [1.82, 2.24) is 25.6 Å². The molecule has 0 aliphatic rings. The molecule has 8 heteroatoms. The Labute approximate surface area is 171 Å². The predicted molar refractivity (Wildman–Crippen MR) is 110 cm³/mol. The van der Waals surface area contributed by atoms with Crippen LogP contribution in [0.2, 0.25) is 0 Å². The monoisotopic (exact) mass is 403 g/mol. The first-order valence-electron chi connectivity index (χ1n) is 8.87. The molecule has 0 fully saturated rings. The SMILES string of the molecule is O=C(NNC(=O)c1cn(Cc2ccccc2)nc1-c1cccs1)c1ccccn1. The first-order chi connectivity index (χ1) is 14.2. The summed E-state index contributed by atoms with van der Waals surface area (Å²) in [6.07, 6.45) is 3.20. The summed E-state index contributed by atoms with van der Waals surface area (Å²) < 4.78 is 1.72. The Morgan fingerprint density at radius 2 is 1.72 bits per heavy atom. The zero-order chi connectivity index (χ0) is 20.1. The molecule has 0 radical (unpaired) electrons. The Balaban J connectivity index is 1.54. The van der Waals surface area contributed by atoms with Crippen LogP contribution in [0.5, 0.6) is 0 Å². The Hall–Kier alpha value is -3.78. The Kier molecular flexibility index (Phi) is 5.44. The average Bonchev–Trinajstić information content (AvgIpc) is 3.43. The number of nitrogens with zero attached hydrogens (tertiary/aromatic N) is 3. The van der Waals surface area contributed by atoms with Crippen LogP contribution in [0.25, 0.3) is 10.6 Å². The van der Waals surface area contributed by atoms with Crippen LogP contribution in [-0.4, -0.2) is 26.6 Å². The van der Waals surface area contributed by atoms with E-state index in [1.807, 2.05) is 47.8 Å². The number of carbonyl (C=O) groups is 2. The summed E-state index contributed by atoms with van der Waals surface area (Å²) in [5.74, 6) is -0.940. The molecule has 1 aromatic carbocycles. The van der Waals surface area contributed by atoms with Crippen LogP contribution in [0.3, 0.4) is 0 Å². The van der Waals surface area contributed by atoms with Gasteiger partial charge in [0.1, 0.15) is 11.4 Å². The topological polar surface area (TPSA) is 88.9 Å². The summed E-state index contributed by atoms with van der Waals surface area (Å²) in [7, 11) is 0. The highest BCUT2D eigenvalue weighted by Crippen LogP contribution is 2.26. The van der Waals surface area contributed by atoms with Crippen LogP contribution in [0.1, 0.15) is 26.4 Å². The normalized spacial score (nSPS) is 10.5. The van der Waals surface area contributed by atoms with Gasteiger partial charge in [0.2, 0.25) is 0 Å². The van der Waals surface area contributed by atoms with Crippen molar-refractivity contribution in [2.75, 3.05) is 0 Å². The van der Waals surface area contributed by atoms with E-state index in [-0.39, 0.29) is 5.69 Å². The maximum Gasteiger partial charge on any atom is 0.288 e. The molecule has 4 rings (SSSR count). The number of hydrogen-bond acceptors (Lipinski definition) is 5. The lowest BCUT2D eigenvalue weighted by atomic mass is 10.2. The van der Waals surface area contributed by atoms with Crippen molar-refractivity contribution >= 4 is 23.2 Å². The molecule has 7 nitrogen and oxygen atoms in total. The second-order valence-corrected chi connectivity index (χ2v) is 7.12. The van der Waals surface area contributed by atoms with Crippen LogP contribution in [0.4, 0.5) is 0 Å². The molecule has 0 spiro atoms. The smallest absolute Gasteiger partial charge is 0.267 e. The lowest BCUT2D eigenvalue weighted by Crippen LogP contribution is -2.42. The third-order valence-corrected chi connectivity index (χ3v) is 5.01. The third kappa shape index (κ3) is 4.39. The highest BCUT2D eigenvalue weighted by molar-refractivity contribution is 7.13. The van der Waals surface area contributed by atoms with E-state index < -0.39 is 11.8 Å². The molecule has 3 heterocycles. The molecular formula is C21H17N5O2S. The lowest BCUT2D eigenvalue weighted by Gasteiger charge is -2.06. The number of carbonyl (C=O) groups excluding carboxylic acids is 2. The number of hydrazine groups is 1. The third-order valence-electron chi connectivity index (χ3n) is 4.14. The molecule has 0 saturated carbocycles. The molecule has 0 saturated heterocycles. The van der Waals surface area contributed by atoms with Crippen LogP contribution in [0.15, 0.2) is 78.4 Å². The lowest BCUT2D eigenvalue weighted by molar-refractivity contribution is 0.0844. The van der Waals surface area contributed by atoms with Crippen molar-refractivity contribution in [2.45, 2.75) is 6.54 Å². The average molecular weight is 403 g/mol. The molecule has 0 aliphatic carbocycles. The highest BCUT2D eigenvalue weighted by atomic mass is 32.1. The van der Waals surface area contributed by atoms with Gasteiger partial charge in [-0.25, -0.2) is 0 Å². The van der Waals surface area contributed by atoms with Crippen LogP contribution in [0, 0.1) is 0 Å². The molecule has 0 unspecified atom stereocenters. The standard InChI is InChI=1S/C21H17N5O2S/c27-20(23-24-21(28)17-9-4-5-11-22-17)16-14-26(13-15-7-2-1-3-8-15)25-19(16)18-10-6-12-29-18/h1-12,14H,13H2,(H,23,27)(H,24,28). The number of aromatic nitrogens is 3. The minimum atomic E-state index is -0.492. The Morgan fingerprint density at radius 3 is 2.45 bits per heavy atom. The van der Waals surface area contributed by atoms with Crippen molar-refractivity contribution < 1.29 is 9.59 Å². The van der Waals surface area contributed by atoms with Gasteiger partial charge in [-0.1, -0.05) is 42.5 Å². The first-order valence-corrected chi connectivity index (χ1v) is 9.75. The molecule has 2 N–H and O–H groups in total. The van der Waals surface area contributed by atoms with Crippen LogP contribution in [-0.2, 0) is 6.54 Å². The van der Waals surface area contributed by atoms with Crippen molar-refractivity contribution in [3.63, 3.8) is 0 Å². The van der Waals surface area contributed by atoms with Gasteiger partial charge in [-0.15, -0.1) is 11.3 Å². The number of nitrogens with one attached hydrogen (secondary N) is 2. The minimum absolute atomic E-state index is 0.214. The number of thiophene rings is 1. The van der Waals surface area contributed by atoms with Gasteiger partial charge in [-0.2, -0.15) is 5.10 Å².